The highest BCUT2D eigenvalue weighted by atomic mass is 16.6. The first kappa shape index (κ1) is 19.0. The molecule has 0 N–H and O–H groups in total. The number of fused-ring (bicyclic) bond motifs is 1. The summed E-state index contributed by atoms with van der Waals surface area (Å²) in [5.41, 5.74) is 5.21. The fraction of sp³-hybridized carbons (Fsp3) is 0.417. The topological polar surface area (TPSA) is 80.5 Å². The van der Waals surface area contributed by atoms with Gasteiger partial charge in [-0.3, -0.25) is 19.7 Å². The third kappa shape index (κ3) is 2.77. The fourth-order valence-corrected chi connectivity index (χ4v) is 5.60. The minimum atomic E-state index is -1.04. The molecule has 0 saturated heterocycles. The largest absolute Gasteiger partial charge is 0.371 e. The van der Waals surface area contributed by atoms with Crippen LogP contribution in [0.15, 0.2) is 36.4 Å². The number of rotatable bonds is 4. The lowest BCUT2D eigenvalue weighted by Crippen LogP contribution is -2.37. The Hall–Kier alpha value is -3.02. The number of carbonyl (C=O) groups is 2. The molecule has 2 aliphatic heterocycles. The zero-order chi connectivity index (χ0) is 21.0. The Balaban J connectivity index is 1.65. The van der Waals surface area contributed by atoms with Gasteiger partial charge in [0.1, 0.15) is 0 Å². The molecule has 0 fully saturated rings. The van der Waals surface area contributed by atoms with Crippen LogP contribution in [0, 0.1) is 16.0 Å². The Morgan fingerprint density at radius 3 is 2.03 bits per heavy atom. The molecule has 0 saturated carbocycles. The van der Waals surface area contributed by atoms with Crippen LogP contribution >= 0.6 is 0 Å². The first-order valence-electron chi connectivity index (χ1n) is 10.7. The predicted octanol–water partition coefficient (Wildman–Crippen LogP) is 3.83. The number of nitrogens with zero attached hydrogens (tertiary/aromatic N) is 2. The van der Waals surface area contributed by atoms with Gasteiger partial charge >= 0.3 is 0 Å². The summed E-state index contributed by atoms with van der Waals surface area (Å²) in [6.07, 6.45) is 3.97. The van der Waals surface area contributed by atoms with E-state index in [1.54, 1.807) is 24.3 Å². The van der Waals surface area contributed by atoms with Crippen molar-refractivity contribution < 1.29 is 14.5 Å². The molecule has 2 aromatic rings. The number of benzene rings is 2. The maximum absolute atomic E-state index is 13.2. The predicted molar refractivity (Wildman–Crippen MR) is 113 cm³/mol. The maximum atomic E-state index is 13.2. The van der Waals surface area contributed by atoms with Crippen LogP contribution in [0.5, 0.6) is 0 Å². The average Bonchev–Trinajstić information content (AvgIpc) is 3.00. The molecular formula is C24H24N2O4. The summed E-state index contributed by atoms with van der Waals surface area (Å²) >= 11 is 0. The van der Waals surface area contributed by atoms with Crippen molar-refractivity contribution in [3.63, 3.8) is 0 Å². The quantitative estimate of drug-likeness (QED) is 0.440. The lowest BCUT2D eigenvalue weighted by atomic mass is 9.76. The van der Waals surface area contributed by atoms with Crippen molar-refractivity contribution in [2.75, 3.05) is 18.0 Å². The summed E-state index contributed by atoms with van der Waals surface area (Å²) in [4.78, 5) is 40.3. The molecule has 1 aliphatic carbocycles. The van der Waals surface area contributed by atoms with Gasteiger partial charge in [0.15, 0.2) is 11.6 Å². The number of hydrogen-bond donors (Lipinski definition) is 0. The van der Waals surface area contributed by atoms with E-state index < -0.39 is 17.9 Å². The zero-order valence-corrected chi connectivity index (χ0v) is 17.0. The Morgan fingerprint density at radius 1 is 1.00 bits per heavy atom. The minimum Gasteiger partial charge on any atom is -0.371 e. The average molecular weight is 404 g/mol. The van der Waals surface area contributed by atoms with Gasteiger partial charge < -0.3 is 4.90 Å². The standard InChI is InChI=1S/C24H24N2O4/c1-14(26(29)30)20(21-23(27)18-8-2-3-9-19(18)24(21)28)17-12-15-6-4-10-25-11-5-7-16(13-17)22(15)25/h2-3,8-9,12-14,20-21H,4-7,10-11H2,1H3. The molecule has 2 unspecified atom stereocenters. The van der Waals surface area contributed by atoms with E-state index in [2.05, 4.69) is 4.90 Å². The lowest BCUT2D eigenvalue weighted by Gasteiger charge is -2.38. The monoisotopic (exact) mass is 404 g/mol. The Labute approximate surface area is 175 Å². The number of hydrogen-bond acceptors (Lipinski definition) is 5. The molecule has 154 valence electrons. The Morgan fingerprint density at radius 2 is 1.53 bits per heavy atom. The first-order chi connectivity index (χ1) is 14.5. The van der Waals surface area contributed by atoms with Gasteiger partial charge in [-0.05, 0) is 42.4 Å². The molecule has 2 atom stereocenters. The van der Waals surface area contributed by atoms with Crippen molar-refractivity contribution in [2.24, 2.45) is 5.92 Å². The molecule has 2 aromatic carbocycles. The molecule has 30 heavy (non-hydrogen) atoms. The molecule has 0 spiro atoms. The van der Waals surface area contributed by atoms with Crippen molar-refractivity contribution in [1.82, 2.24) is 0 Å². The molecule has 5 rings (SSSR count). The molecule has 0 aromatic heterocycles. The van der Waals surface area contributed by atoms with E-state index in [4.69, 9.17) is 0 Å². The summed E-state index contributed by atoms with van der Waals surface area (Å²) in [7, 11) is 0. The Kier molecular flexibility index (Phi) is 4.45. The van der Waals surface area contributed by atoms with Gasteiger partial charge in [0, 0.05) is 41.8 Å². The van der Waals surface area contributed by atoms with Crippen LogP contribution in [-0.4, -0.2) is 35.6 Å². The number of anilines is 1. The fourth-order valence-electron chi connectivity index (χ4n) is 5.60. The molecule has 0 bridgehead atoms. The number of nitro groups is 1. The van der Waals surface area contributed by atoms with Gasteiger partial charge in [-0.15, -0.1) is 0 Å². The normalized spacial score (nSPS) is 20.0. The zero-order valence-electron chi connectivity index (χ0n) is 17.0. The van der Waals surface area contributed by atoms with Crippen LogP contribution < -0.4 is 4.90 Å². The van der Waals surface area contributed by atoms with E-state index >= 15 is 0 Å². The molecule has 0 radical (unpaired) electrons. The van der Waals surface area contributed by atoms with Crippen LogP contribution in [0.25, 0.3) is 0 Å². The molecule has 3 aliphatic rings. The van der Waals surface area contributed by atoms with Gasteiger partial charge in [0.25, 0.3) is 0 Å². The molecule has 0 amide bonds. The van der Waals surface area contributed by atoms with Crippen LogP contribution in [0.1, 0.15) is 63.1 Å². The second-order valence-electron chi connectivity index (χ2n) is 8.69. The van der Waals surface area contributed by atoms with Crippen LogP contribution in [0.2, 0.25) is 0 Å². The second kappa shape index (κ2) is 7.04. The van der Waals surface area contributed by atoms with Gasteiger partial charge in [-0.2, -0.15) is 0 Å². The van der Waals surface area contributed by atoms with Gasteiger partial charge in [0.2, 0.25) is 6.04 Å². The van der Waals surface area contributed by atoms with E-state index in [-0.39, 0.29) is 16.5 Å². The van der Waals surface area contributed by atoms with Crippen LogP contribution in [0.3, 0.4) is 0 Å². The van der Waals surface area contributed by atoms with Crippen LogP contribution in [0.4, 0.5) is 5.69 Å². The van der Waals surface area contributed by atoms with E-state index in [0.29, 0.717) is 11.1 Å². The van der Waals surface area contributed by atoms with E-state index in [1.165, 1.54) is 23.7 Å². The van der Waals surface area contributed by atoms with Crippen molar-refractivity contribution in [3.05, 3.63) is 74.3 Å². The van der Waals surface area contributed by atoms with Crippen molar-refractivity contribution in [2.45, 2.75) is 44.6 Å². The third-order valence-electron chi connectivity index (χ3n) is 6.97. The molecular weight excluding hydrogens is 380 g/mol. The molecule has 6 heteroatoms. The summed E-state index contributed by atoms with van der Waals surface area (Å²) in [6.45, 7) is 3.61. The summed E-state index contributed by atoms with van der Waals surface area (Å²) < 4.78 is 0. The summed E-state index contributed by atoms with van der Waals surface area (Å²) in [5.74, 6) is -2.38. The number of Topliss-reactive ketones (excluding diaryl/α,β-unsaturated/α-hetero) is 2. The third-order valence-corrected chi connectivity index (χ3v) is 6.97. The summed E-state index contributed by atoms with van der Waals surface area (Å²) in [6, 6.07) is 9.79. The minimum absolute atomic E-state index is 0.290. The number of aryl methyl sites for hydroxylation is 2. The number of ketones is 2. The number of carbonyl (C=O) groups excluding carboxylic acids is 2. The molecule has 2 heterocycles. The van der Waals surface area contributed by atoms with E-state index in [9.17, 15) is 19.7 Å². The summed E-state index contributed by atoms with van der Waals surface area (Å²) in [5, 5.41) is 11.8. The lowest BCUT2D eigenvalue weighted by molar-refractivity contribution is -0.523. The van der Waals surface area contributed by atoms with Crippen LogP contribution in [-0.2, 0) is 12.8 Å². The maximum Gasteiger partial charge on any atom is 0.218 e. The first-order valence-corrected chi connectivity index (χ1v) is 10.7. The van der Waals surface area contributed by atoms with E-state index in [0.717, 1.165) is 44.3 Å². The van der Waals surface area contributed by atoms with Gasteiger partial charge in [-0.1, -0.05) is 36.4 Å². The Bertz CT molecular complexity index is 1010. The smallest absolute Gasteiger partial charge is 0.218 e. The van der Waals surface area contributed by atoms with Crippen molar-refractivity contribution in [1.29, 1.82) is 0 Å². The van der Waals surface area contributed by atoms with E-state index in [1.807, 2.05) is 12.1 Å². The van der Waals surface area contributed by atoms with Gasteiger partial charge in [0.05, 0.1) is 11.8 Å². The van der Waals surface area contributed by atoms with Gasteiger partial charge in [-0.25, -0.2) is 0 Å². The highest BCUT2D eigenvalue weighted by molar-refractivity contribution is 6.27. The second-order valence-corrected chi connectivity index (χ2v) is 8.69. The highest BCUT2D eigenvalue weighted by Gasteiger charge is 2.49. The SMILES string of the molecule is CC(C(c1cc2c3c(c1)CCCN3CCC2)C1C(=O)c2ccccc2C1=O)[N+](=O)[O-]. The van der Waals surface area contributed by atoms with Crippen molar-refractivity contribution in [3.8, 4) is 0 Å². The van der Waals surface area contributed by atoms with Crippen molar-refractivity contribution >= 4 is 17.3 Å². The highest BCUT2D eigenvalue weighted by Crippen LogP contribution is 2.43. The molecule has 6 nitrogen and oxygen atoms in total.